The van der Waals surface area contributed by atoms with E-state index in [-0.39, 0.29) is 11.9 Å². The van der Waals surface area contributed by atoms with Crippen LogP contribution in [0.1, 0.15) is 42.6 Å². The Bertz CT molecular complexity index is 758. The average Bonchev–Trinajstić information content (AvgIpc) is 3.13. The van der Waals surface area contributed by atoms with E-state index in [9.17, 15) is 4.79 Å². The first kappa shape index (κ1) is 14.2. The molecule has 3 aromatic rings. The number of carbonyl (C=O) groups is 1. The number of fused-ring (bicyclic) bond motifs is 1. The highest BCUT2D eigenvalue weighted by Gasteiger charge is 2.18. The molecule has 114 valence electrons. The lowest BCUT2D eigenvalue weighted by molar-refractivity contribution is 0.0932. The molecular formula is C14H17N7O. The molecule has 3 rings (SSSR count). The number of hydrogen-bond donors (Lipinski definition) is 1. The van der Waals surface area contributed by atoms with Crippen molar-refractivity contribution in [3.8, 4) is 0 Å². The SMILES string of the molecule is CCCn1ncnc1[C@H](C)NC(=O)c1cc2ncccn2n1. The van der Waals surface area contributed by atoms with Crippen LogP contribution in [0.4, 0.5) is 0 Å². The van der Waals surface area contributed by atoms with Gasteiger partial charge in [0.15, 0.2) is 11.3 Å². The third-order valence-corrected chi connectivity index (χ3v) is 3.28. The van der Waals surface area contributed by atoms with Crippen molar-refractivity contribution in [2.24, 2.45) is 0 Å². The minimum absolute atomic E-state index is 0.251. The number of rotatable bonds is 5. The van der Waals surface area contributed by atoms with Crippen LogP contribution in [0.25, 0.3) is 5.65 Å². The van der Waals surface area contributed by atoms with Crippen LogP contribution >= 0.6 is 0 Å². The molecule has 1 N–H and O–H groups in total. The van der Waals surface area contributed by atoms with Crippen molar-refractivity contribution >= 4 is 11.6 Å². The van der Waals surface area contributed by atoms with Crippen LogP contribution in [0.2, 0.25) is 0 Å². The van der Waals surface area contributed by atoms with Gasteiger partial charge in [-0.1, -0.05) is 6.92 Å². The van der Waals surface area contributed by atoms with Crippen molar-refractivity contribution in [3.05, 3.63) is 42.4 Å². The molecule has 3 aromatic heterocycles. The van der Waals surface area contributed by atoms with Crippen molar-refractivity contribution < 1.29 is 4.79 Å². The Morgan fingerprint density at radius 3 is 3.05 bits per heavy atom. The molecular weight excluding hydrogens is 282 g/mol. The molecule has 0 saturated carbocycles. The van der Waals surface area contributed by atoms with E-state index in [1.54, 1.807) is 33.7 Å². The van der Waals surface area contributed by atoms with E-state index >= 15 is 0 Å². The summed E-state index contributed by atoms with van der Waals surface area (Å²) in [5.74, 6) is 0.473. The third kappa shape index (κ3) is 2.67. The van der Waals surface area contributed by atoms with Gasteiger partial charge in [-0.3, -0.25) is 4.79 Å². The molecule has 0 spiro atoms. The second kappa shape index (κ2) is 5.92. The first-order chi connectivity index (χ1) is 10.7. The Hall–Kier alpha value is -2.77. The predicted octanol–water partition coefficient (Wildman–Crippen LogP) is 1.22. The fourth-order valence-electron chi connectivity index (χ4n) is 2.27. The summed E-state index contributed by atoms with van der Waals surface area (Å²) in [5, 5.41) is 11.3. The highest BCUT2D eigenvalue weighted by atomic mass is 16.2. The fourth-order valence-corrected chi connectivity index (χ4v) is 2.27. The Morgan fingerprint density at radius 2 is 2.27 bits per heavy atom. The van der Waals surface area contributed by atoms with Crippen molar-refractivity contribution in [2.75, 3.05) is 0 Å². The summed E-state index contributed by atoms with van der Waals surface area (Å²) in [7, 11) is 0. The second-order valence-electron chi connectivity index (χ2n) is 4.99. The quantitative estimate of drug-likeness (QED) is 0.765. The van der Waals surface area contributed by atoms with Crippen LogP contribution in [-0.2, 0) is 6.54 Å². The number of nitrogens with zero attached hydrogens (tertiary/aromatic N) is 6. The number of nitrogens with one attached hydrogen (secondary N) is 1. The maximum absolute atomic E-state index is 12.3. The van der Waals surface area contributed by atoms with Gasteiger partial charge in [0.2, 0.25) is 0 Å². The van der Waals surface area contributed by atoms with Crippen LogP contribution < -0.4 is 5.32 Å². The van der Waals surface area contributed by atoms with Gasteiger partial charge < -0.3 is 5.32 Å². The number of aromatic nitrogens is 6. The van der Waals surface area contributed by atoms with Gasteiger partial charge in [0.1, 0.15) is 12.2 Å². The minimum atomic E-state index is -0.260. The fraction of sp³-hybridized carbons (Fsp3) is 0.357. The van der Waals surface area contributed by atoms with Crippen LogP contribution in [0.5, 0.6) is 0 Å². The van der Waals surface area contributed by atoms with Gasteiger partial charge in [-0.25, -0.2) is 19.2 Å². The highest BCUT2D eigenvalue weighted by molar-refractivity contribution is 5.93. The molecule has 22 heavy (non-hydrogen) atoms. The average molecular weight is 299 g/mol. The van der Waals surface area contributed by atoms with Gasteiger partial charge in [0, 0.05) is 25.0 Å². The molecule has 0 saturated heterocycles. The Kier molecular flexibility index (Phi) is 3.82. The van der Waals surface area contributed by atoms with E-state index in [4.69, 9.17) is 0 Å². The van der Waals surface area contributed by atoms with Crippen LogP contribution in [-0.4, -0.2) is 35.3 Å². The molecule has 1 atom stereocenters. The zero-order chi connectivity index (χ0) is 15.5. The molecule has 0 fully saturated rings. The monoisotopic (exact) mass is 299 g/mol. The number of amides is 1. The molecule has 0 aliphatic rings. The molecule has 8 heteroatoms. The summed E-state index contributed by atoms with van der Waals surface area (Å²) >= 11 is 0. The molecule has 8 nitrogen and oxygen atoms in total. The molecule has 0 radical (unpaired) electrons. The standard InChI is InChI=1S/C14H17N7O/c1-3-6-21-13(16-9-17-21)10(2)18-14(22)11-8-12-15-5-4-7-20(12)19-11/h4-5,7-10H,3,6H2,1-2H3,(H,18,22)/t10-/m0/s1. The summed E-state index contributed by atoms with van der Waals surface area (Å²) in [6, 6.07) is 3.16. The summed E-state index contributed by atoms with van der Waals surface area (Å²) in [6.07, 6.45) is 5.87. The Morgan fingerprint density at radius 1 is 1.41 bits per heavy atom. The molecule has 0 aliphatic carbocycles. The normalized spacial score (nSPS) is 12.5. The molecule has 0 unspecified atom stereocenters. The number of hydrogen-bond acceptors (Lipinski definition) is 5. The maximum Gasteiger partial charge on any atom is 0.272 e. The largest absolute Gasteiger partial charge is 0.341 e. The van der Waals surface area contributed by atoms with Gasteiger partial charge in [0.05, 0.1) is 6.04 Å². The van der Waals surface area contributed by atoms with E-state index < -0.39 is 0 Å². The number of aryl methyl sites for hydroxylation is 1. The van der Waals surface area contributed by atoms with Gasteiger partial charge in [-0.15, -0.1) is 0 Å². The molecule has 3 heterocycles. The maximum atomic E-state index is 12.3. The van der Waals surface area contributed by atoms with Crippen molar-refractivity contribution in [3.63, 3.8) is 0 Å². The lowest BCUT2D eigenvalue weighted by Crippen LogP contribution is -2.29. The van der Waals surface area contributed by atoms with E-state index in [0.717, 1.165) is 18.8 Å². The van der Waals surface area contributed by atoms with Gasteiger partial charge in [0.25, 0.3) is 5.91 Å². The molecule has 0 aromatic carbocycles. The van der Waals surface area contributed by atoms with Crippen molar-refractivity contribution in [1.29, 1.82) is 0 Å². The Balaban J connectivity index is 1.76. The molecule has 1 amide bonds. The summed E-state index contributed by atoms with van der Waals surface area (Å²) in [6.45, 7) is 4.72. The van der Waals surface area contributed by atoms with E-state index in [2.05, 4.69) is 32.4 Å². The third-order valence-electron chi connectivity index (χ3n) is 3.28. The van der Waals surface area contributed by atoms with Crippen molar-refractivity contribution in [1.82, 2.24) is 34.7 Å². The summed E-state index contributed by atoms with van der Waals surface area (Å²) in [5.41, 5.74) is 0.960. The molecule has 0 aliphatic heterocycles. The van der Waals surface area contributed by atoms with Gasteiger partial charge in [-0.2, -0.15) is 10.2 Å². The topological polar surface area (TPSA) is 90.0 Å². The first-order valence-corrected chi connectivity index (χ1v) is 7.18. The van der Waals surface area contributed by atoms with E-state index in [1.807, 2.05) is 6.92 Å². The predicted molar refractivity (Wildman–Crippen MR) is 79.2 cm³/mol. The van der Waals surface area contributed by atoms with Crippen LogP contribution in [0.3, 0.4) is 0 Å². The summed E-state index contributed by atoms with van der Waals surface area (Å²) < 4.78 is 3.37. The van der Waals surface area contributed by atoms with Crippen molar-refractivity contribution in [2.45, 2.75) is 32.9 Å². The first-order valence-electron chi connectivity index (χ1n) is 7.18. The zero-order valence-corrected chi connectivity index (χ0v) is 12.5. The lowest BCUT2D eigenvalue weighted by Gasteiger charge is -2.13. The second-order valence-corrected chi connectivity index (χ2v) is 4.99. The van der Waals surface area contributed by atoms with Gasteiger partial charge in [-0.05, 0) is 19.4 Å². The summed E-state index contributed by atoms with van der Waals surface area (Å²) in [4.78, 5) is 20.7. The molecule has 0 bridgehead atoms. The number of carbonyl (C=O) groups excluding carboxylic acids is 1. The van der Waals surface area contributed by atoms with Crippen LogP contribution in [0, 0.1) is 0 Å². The van der Waals surface area contributed by atoms with E-state index in [1.165, 1.54) is 6.33 Å². The van der Waals surface area contributed by atoms with E-state index in [0.29, 0.717) is 11.3 Å². The van der Waals surface area contributed by atoms with Crippen LogP contribution in [0.15, 0.2) is 30.9 Å². The highest BCUT2D eigenvalue weighted by Crippen LogP contribution is 2.11. The zero-order valence-electron chi connectivity index (χ0n) is 12.5. The smallest absolute Gasteiger partial charge is 0.272 e. The Labute approximate surface area is 127 Å². The van der Waals surface area contributed by atoms with Gasteiger partial charge >= 0.3 is 0 Å². The lowest BCUT2D eigenvalue weighted by atomic mass is 10.3. The minimum Gasteiger partial charge on any atom is -0.341 e.